The maximum atomic E-state index is 12.3. The summed E-state index contributed by atoms with van der Waals surface area (Å²) in [5.41, 5.74) is 1.41. The Hall–Kier alpha value is -1.81. The van der Waals surface area contributed by atoms with Gasteiger partial charge in [-0.05, 0) is 38.8 Å². The average Bonchev–Trinajstić information content (AvgIpc) is 2.84. The fourth-order valence-corrected chi connectivity index (χ4v) is 2.58. The standard InChI is InChI=1S/C17H24N2O2/c1-4-19(12-17(2,3)21)16(20)10-9-13-11-18-15-8-6-5-7-14(13)15/h5-8,11,18,21H,4,9-10,12H2,1-3H3. The molecule has 4 nitrogen and oxygen atoms in total. The van der Waals surface area contributed by atoms with E-state index in [1.54, 1.807) is 18.7 Å². The summed E-state index contributed by atoms with van der Waals surface area (Å²) in [6, 6.07) is 8.11. The molecule has 1 aromatic heterocycles. The van der Waals surface area contributed by atoms with E-state index in [0.29, 0.717) is 25.9 Å². The monoisotopic (exact) mass is 288 g/mol. The van der Waals surface area contributed by atoms with Crippen LogP contribution in [0.2, 0.25) is 0 Å². The Morgan fingerprint density at radius 1 is 1.33 bits per heavy atom. The molecule has 2 aromatic rings. The molecule has 1 heterocycles. The number of rotatable bonds is 6. The molecule has 1 aromatic carbocycles. The molecule has 0 spiro atoms. The molecule has 0 unspecified atom stereocenters. The van der Waals surface area contributed by atoms with E-state index in [4.69, 9.17) is 0 Å². The molecule has 0 aliphatic heterocycles. The maximum absolute atomic E-state index is 12.3. The summed E-state index contributed by atoms with van der Waals surface area (Å²) in [5.74, 6) is 0.0879. The van der Waals surface area contributed by atoms with Gasteiger partial charge in [0.05, 0.1) is 5.60 Å². The van der Waals surface area contributed by atoms with E-state index >= 15 is 0 Å². The van der Waals surface area contributed by atoms with Crippen LogP contribution in [0.15, 0.2) is 30.5 Å². The number of likely N-dealkylation sites (N-methyl/N-ethyl adjacent to an activating group) is 1. The van der Waals surface area contributed by atoms with Crippen LogP contribution >= 0.6 is 0 Å². The fourth-order valence-electron chi connectivity index (χ4n) is 2.58. The van der Waals surface area contributed by atoms with Crippen molar-refractivity contribution in [3.63, 3.8) is 0 Å². The first-order valence-corrected chi connectivity index (χ1v) is 7.46. The number of nitrogens with one attached hydrogen (secondary N) is 1. The van der Waals surface area contributed by atoms with Crippen molar-refractivity contribution >= 4 is 16.8 Å². The zero-order chi connectivity index (χ0) is 15.5. The number of hydrogen-bond acceptors (Lipinski definition) is 2. The summed E-state index contributed by atoms with van der Waals surface area (Å²) in [6.07, 6.45) is 3.15. The highest BCUT2D eigenvalue weighted by Crippen LogP contribution is 2.19. The molecule has 2 N–H and O–H groups in total. The second-order valence-corrected chi connectivity index (χ2v) is 6.08. The lowest BCUT2D eigenvalue weighted by atomic mass is 10.1. The van der Waals surface area contributed by atoms with E-state index in [-0.39, 0.29) is 5.91 Å². The number of aryl methyl sites for hydroxylation is 1. The van der Waals surface area contributed by atoms with Gasteiger partial charge in [-0.3, -0.25) is 4.79 Å². The van der Waals surface area contributed by atoms with Gasteiger partial charge < -0.3 is 15.0 Å². The molecule has 4 heteroatoms. The number of aromatic amines is 1. The van der Waals surface area contributed by atoms with Crippen molar-refractivity contribution in [2.24, 2.45) is 0 Å². The number of H-pyrrole nitrogens is 1. The maximum Gasteiger partial charge on any atom is 0.222 e. The molecule has 0 saturated heterocycles. The lowest BCUT2D eigenvalue weighted by molar-refractivity contribution is -0.133. The van der Waals surface area contributed by atoms with Crippen molar-refractivity contribution in [1.29, 1.82) is 0 Å². The molecule has 21 heavy (non-hydrogen) atoms. The van der Waals surface area contributed by atoms with Gasteiger partial charge in [0.15, 0.2) is 0 Å². The van der Waals surface area contributed by atoms with Crippen LogP contribution in [0, 0.1) is 0 Å². The highest BCUT2D eigenvalue weighted by Gasteiger charge is 2.21. The van der Waals surface area contributed by atoms with Gasteiger partial charge in [-0.25, -0.2) is 0 Å². The summed E-state index contributed by atoms with van der Waals surface area (Å²) in [4.78, 5) is 17.2. The summed E-state index contributed by atoms with van der Waals surface area (Å²) in [7, 11) is 0. The van der Waals surface area contributed by atoms with Gasteiger partial charge in [-0.1, -0.05) is 18.2 Å². The summed E-state index contributed by atoms with van der Waals surface area (Å²) >= 11 is 0. The third kappa shape index (κ3) is 4.08. The van der Waals surface area contributed by atoms with E-state index in [1.807, 2.05) is 31.3 Å². The molecule has 2 rings (SSSR count). The number of aliphatic hydroxyl groups is 1. The Kier molecular flexibility index (Phi) is 4.68. The van der Waals surface area contributed by atoms with E-state index in [9.17, 15) is 9.90 Å². The number of carbonyl (C=O) groups is 1. The number of benzene rings is 1. The molecular weight excluding hydrogens is 264 g/mol. The number of amides is 1. The minimum absolute atomic E-state index is 0.0879. The van der Waals surface area contributed by atoms with Gasteiger partial charge >= 0.3 is 0 Å². The van der Waals surface area contributed by atoms with Crippen LogP contribution < -0.4 is 0 Å². The van der Waals surface area contributed by atoms with Gasteiger partial charge in [-0.2, -0.15) is 0 Å². The van der Waals surface area contributed by atoms with Crippen molar-refractivity contribution in [3.05, 3.63) is 36.0 Å². The zero-order valence-electron chi connectivity index (χ0n) is 13.0. The quantitative estimate of drug-likeness (QED) is 0.858. The zero-order valence-corrected chi connectivity index (χ0v) is 13.0. The number of para-hydroxylation sites is 1. The van der Waals surface area contributed by atoms with Crippen molar-refractivity contribution in [2.75, 3.05) is 13.1 Å². The third-order valence-electron chi connectivity index (χ3n) is 3.60. The summed E-state index contributed by atoms with van der Waals surface area (Å²) in [6.45, 7) is 6.38. The van der Waals surface area contributed by atoms with E-state index in [2.05, 4.69) is 11.1 Å². The molecular formula is C17H24N2O2. The van der Waals surface area contributed by atoms with Crippen molar-refractivity contribution in [1.82, 2.24) is 9.88 Å². The first-order chi connectivity index (χ1) is 9.90. The predicted octanol–water partition coefficient (Wildman–Crippen LogP) is 2.72. The number of nitrogens with zero attached hydrogens (tertiary/aromatic N) is 1. The lowest BCUT2D eigenvalue weighted by Gasteiger charge is -2.28. The van der Waals surface area contributed by atoms with Crippen LogP contribution in [0.1, 0.15) is 32.8 Å². The first-order valence-electron chi connectivity index (χ1n) is 7.46. The number of hydrogen-bond donors (Lipinski definition) is 2. The number of aromatic nitrogens is 1. The molecule has 0 bridgehead atoms. The Labute approximate surface area is 125 Å². The van der Waals surface area contributed by atoms with Gasteiger partial charge in [0, 0.05) is 36.6 Å². The van der Waals surface area contributed by atoms with Gasteiger partial charge in [0.2, 0.25) is 5.91 Å². The van der Waals surface area contributed by atoms with Gasteiger partial charge in [0.1, 0.15) is 0 Å². The lowest BCUT2D eigenvalue weighted by Crippen LogP contribution is -2.42. The number of carbonyl (C=O) groups excluding carboxylic acids is 1. The van der Waals surface area contributed by atoms with Crippen LogP contribution in [-0.2, 0) is 11.2 Å². The average molecular weight is 288 g/mol. The molecule has 0 fully saturated rings. The van der Waals surface area contributed by atoms with Crippen LogP contribution in [0.3, 0.4) is 0 Å². The highest BCUT2D eigenvalue weighted by molar-refractivity contribution is 5.84. The van der Waals surface area contributed by atoms with Crippen LogP contribution in [0.5, 0.6) is 0 Å². The predicted molar refractivity (Wildman–Crippen MR) is 85.2 cm³/mol. The van der Waals surface area contributed by atoms with Crippen molar-refractivity contribution < 1.29 is 9.90 Å². The Balaban J connectivity index is 2.00. The van der Waals surface area contributed by atoms with Crippen molar-refractivity contribution in [3.8, 4) is 0 Å². The second-order valence-electron chi connectivity index (χ2n) is 6.08. The Morgan fingerprint density at radius 3 is 2.71 bits per heavy atom. The van der Waals surface area contributed by atoms with E-state index in [0.717, 1.165) is 5.52 Å². The minimum Gasteiger partial charge on any atom is -0.389 e. The highest BCUT2D eigenvalue weighted by atomic mass is 16.3. The topological polar surface area (TPSA) is 56.3 Å². The van der Waals surface area contributed by atoms with Crippen LogP contribution in [-0.4, -0.2) is 39.6 Å². The molecule has 1 amide bonds. The van der Waals surface area contributed by atoms with E-state index in [1.165, 1.54) is 10.9 Å². The molecule has 114 valence electrons. The van der Waals surface area contributed by atoms with E-state index < -0.39 is 5.60 Å². The molecule has 0 saturated carbocycles. The number of fused-ring (bicyclic) bond motifs is 1. The minimum atomic E-state index is -0.855. The molecule has 0 aliphatic carbocycles. The molecule has 0 atom stereocenters. The fraction of sp³-hybridized carbons (Fsp3) is 0.471. The smallest absolute Gasteiger partial charge is 0.222 e. The SMILES string of the molecule is CCN(CC(C)(C)O)C(=O)CCc1c[nH]c2ccccc12. The van der Waals surface area contributed by atoms with Gasteiger partial charge in [0.25, 0.3) is 0 Å². The second kappa shape index (κ2) is 6.31. The third-order valence-corrected chi connectivity index (χ3v) is 3.60. The normalized spacial score (nSPS) is 11.8. The largest absolute Gasteiger partial charge is 0.389 e. The Bertz CT molecular complexity index is 611. The van der Waals surface area contributed by atoms with Crippen molar-refractivity contribution in [2.45, 2.75) is 39.2 Å². The first kappa shape index (κ1) is 15.6. The van der Waals surface area contributed by atoms with Gasteiger partial charge in [-0.15, -0.1) is 0 Å². The summed E-state index contributed by atoms with van der Waals surface area (Å²) in [5, 5.41) is 11.0. The van der Waals surface area contributed by atoms with Crippen LogP contribution in [0.4, 0.5) is 0 Å². The Morgan fingerprint density at radius 2 is 2.05 bits per heavy atom. The molecule has 0 radical (unpaired) electrons. The summed E-state index contributed by atoms with van der Waals surface area (Å²) < 4.78 is 0. The molecule has 0 aliphatic rings. The van der Waals surface area contributed by atoms with Crippen LogP contribution in [0.25, 0.3) is 10.9 Å².